The molecule has 0 aromatic rings. The van der Waals surface area contributed by atoms with E-state index in [4.69, 9.17) is 4.74 Å². The van der Waals surface area contributed by atoms with Crippen molar-refractivity contribution in [2.45, 2.75) is 52.7 Å². The van der Waals surface area contributed by atoms with Gasteiger partial charge in [-0.05, 0) is 59.5 Å². The summed E-state index contributed by atoms with van der Waals surface area (Å²) in [7, 11) is 0. The van der Waals surface area contributed by atoms with Crippen LogP contribution in [0.4, 0.5) is 0 Å². The second-order valence-corrected chi connectivity index (χ2v) is 7.63. The van der Waals surface area contributed by atoms with Crippen LogP contribution in [0.1, 0.15) is 40.5 Å². The molecule has 22 heavy (non-hydrogen) atoms. The molecule has 0 unspecified atom stereocenters. The topological polar surface area (TPSA) is 19.0 Å². The standard InChI is InChI=1S/C18H37N3O/c1-16(2)21-7-5-18(6-8-21)15-20-11-9-19(10-12-20)13-14-22-17(3)4/h16-18H,5-15H2,1-4H3. The van der Waals surface area contributed by atoms with Crippen LogP contribution in [0.25, 0.3) is 0 Å². The lowest BCUT2D eigenvalue weighted by Crippen LogP contribution is -2.49. The predicted molar refractivity (Wildman–Crippen MR) is 93.4 cm³/mol. The van der Waals surface area contributed by atoms with Crippen molar-refractivity contribution in [2.24, 2.45) is 5.92 Å². The highest BCUT2D eigenvalue weighted by Gasteiger charge is 2.24. The molecule has 0 aromatic heterocycles. The minimum absolute atomic E-state index is 0.359. The first-order chi connectivity index (χ1) is 10.5. The molecule has 2 rings (SSSR count). The van der Waals surface area contributed by atoms with Gasteiger partial charge in [0, 0.05) is 45.3 Å². The summed E-state index contributed by atoms with van der Waals surface area (Å²) in [6.45, 7) is 19.7. The predicted octanol–water partition coefficient (Wildman–Crippen LogP) is 2.15. The Kier molecular flexibility index (Phi) is 7.61. The fourth-order valence-electron chi connectivity index (χ4n) is 3.63. The Hall–Kier alpha value is -0.160. The van der Waals surface area contributed by atoms with Crippen LogP contribution in [-0.4, -0.2) is 85.8 Å². The van der Waals surface area contributed by atoms with Gasteiger partial charge in [0.2, 0.25) is 0 Å². The summed E-state index contributed by atoms with van der Waals surface area (Å²) in [5, 5.41) is 0. The molecule has 0 atom stereocenters. The molecule has 2 heterocycles. The molecule has 0 aliphatic carbocycles. The number of hydrogen-bond donors (Lipinski definition) is 0. The summed E-state index contributed by atoms with van der Waals surface area (Å²) in [5.41, 5.74) is 0. The third kappa shape index (κ3) is 6.15. The van der Waals surface area contributed by atoms with Crippen LogP contribution < -0.4 is 0 Å². The molecule has 0 spiro atoms. The molecular formula is C18H37N3O. The molecule has 0 N–H and O–H groups in total. The fraction of sp³-hybridized carbons (Fsp3) is 1.00. The number of likely N-dealkylation sites (tertiary alicyclic amines) is 1. The highest BCUT2D eigenvalue weighted by atomic mass is 16.5. The molecule has 2 saturated heterocycles. The first-order valence-electron chi connectivity index (χ1n) is 9.35. The summed E-state index contributed by atoms with van der Waals surface area (Å²) in [6, 6.07) is 0.720. The van der Waals surface area contributed by atoms with Crippen molar-refractivity contribution in [2.75, 3.05) is 59.0 Å². The zero-order valence-electron chi connectivity index (χ0n) is 15.3. The van der Waals surface area contributed by atoms with Gasteiger partial charge in [-0.2, -0.15) is 0 Å². The first-order valence-corrected chi connectivity index (χ1v) is 9.35. The van der Waals surface area contributed by atoms with Gasteiger partial charge in [-0.3, -0.25) is 4.90 Å². The zero-order chi connectivity index (χ0) is 15.9. The minimum atomic E-state index is 0.359. The number of ether oxygens (including phenoxy) is 1. The van der Waals surface area contributed by atoms with Crippen molar-refractivity contribution in [3.63, 3.8) is 0 Å². The first kappa shape index (κ1) is 18.2. The van der Waals surface area contributed by atoms with Crippen LogP contribution in [0, 0.1) is 5.92 Å². The van der Waals surface area contributed by atoms with Gasteiger partial charge in [-0.15, -0.1) is 0 Å². The van der Waals surface area contributed by atoms with Gasteiger partial charge >= 0.3 is 0 Å². The van der Waals surface area contributed by atoms with Gasteiger partial charge < -0.3 is 14.5 Å². The highest BCUT2D eigenvalue weighted by molar-refractivity contribution is 4.79. The Morgan fingerprint density at radius 3 is 2.00 bits per heavy atom. The van der Waals surface area contributed by atoms with Gasteiger partial charge in [-0.1, -0.05) is 0 Å². The molecule has 0 bridgehead atoms. The van der Waals surface area contributed by atoms with E-state index in [-0.39, 0.29) is 0 Å². The van der Waals surface area contributed by atoms with E-state index in [1.807, 2.05) is 0 Å². The van der Waals surface area contributed by atoms with E-state index in [9.17, 15) is 0 Å². The molecule has 2 fully saturated rings. The van der Waals surface area contributed by atoms with Crippen LogP contribution in [0.5, 0.6) is 0 Å². The average molecular weight is 312 g/mol. The maximum absolute atomic E-state index is 5.66. The largest absolute Gasteiger partial charge is 0.377 e. The lowest BCUT2D eigenvalue weighted by atomic mass is 9.95. The second kappa shape index (κ2) is 9.21. The lowest BCUT2D eigenvalue weighted by molar-refractivity contribution is 0.0393. The van der Waals surface area contributed by atoms with E-state index in [1.54, 1.807) is 0 Å². The number of piperazine rings is 1. The molecule has 0 radical (unpaired) electrons. The molecule has 4 heteroatoms. The lowest BCUT2D eigenvalue weighted by Gasteiger charge is -2.39. The summed E-state index contributed by atoms with van der Waals surface area (Å²) in [6.07, 6.45) is 3.14. The van der Waals surface area contributed by atoms with Crippen LogP contribution in [0.3, 0.4) is 0 Å². The van der Waals surface area contributed by atoms with Crippen molar-refractivity contribution >= 4 is 0 Å². The molecule has 130 valence electrons. The van der Waals surface area contributed by atoms with E-state index in [0.29, 0.717) is 6.10 Å². The number of nitrogens with zero attached hydrogens (tertiary/aromatic N) is 3. The Morgan fingerprint density at radius 2 is 1.45 bits per heavy atom. The monoisotopic (exact) mass is 311 g/mol. The third-order valence-corrected chi connectivity index (χ3v) is 5.22. The van der Waals surface area contributed by atoms with Crippen molar-refractivity contribution in [1.82, 2.24) is 14.7 Å². The minimum Gasteiger partial charge on any atom is -0.377 e. The molecule has 2 aliphatic heterocycles. The summed E-state index contributed by atoms with van der Waals surface area (Å²) < 4.78 is 5.66. The second-order valence-electron chi connectivity index (χ2n) is 7.63. The SMILES string of the molecule is CC(C)OCCN1CCN(CC2CCN(C(C)C)CC2)CC1. The van der Waals surface area contributed by atoms with Crippen molar-refractivity contribution in [3.05, 3.63) is 0 Å². The Morgan fingerprint density at radius 1 is 0.864 bits per heavy atom. The van der Waals surface area contributed by atoms with E-state index in [1.165, 1.54) is 58.7 Å². The van der Waals surface area contributed by atoms with E-state index >= 15 is 0 Å². The molecule has 0 aromatic carbocycles. The van der Waals surface area contributed by atoms with Gasteiger partial charge in [0.15, 0.2) is 0 Å². The normalized spacial score (nSPS) is 23.7. The molecule has 2 aliphatic rings. The summed E-state index contributed by atoms with van der Waals surface area (Å²) in [5.74, 6) is 0.922. The molecule has 0 saturated carbocycles. The molecule has 4 nitrogen and oxygen atoms in total. The maximum Gasteiger partial charge on any atom is 0.0596 e. The van der Waals surface area contributed by atoms with Gasteiger partial charge in [0.25, 0.3) is 0 Å². The van der Waals surface area contributed by atoms with Crippen LogP contribution in [0.2, 0.25) is 0 Å². The third-order valence-electron chi connectivity index (χ3n) is 5.22. The number of hydrogen-bond acceptors (Lipinski definition) is 4. The van der Waals surface area contributed by atoms with E-state index < -0.39 is 0 Å². The van der Waals surface area contributed by atoms with Crippen molar-refractivity contribution in [1.29, 1.82) is 0 Å². The Balaban J connectivity index is 1.58. The number of piperidine rings is 1. The highest BCUT2D eigenvalue weighted by Crippen LogP contribution is 2.20. The maximum atomic E-state index is 5.66. The quantitative estimate of drug-likeness (QED) is 0.717. The van der Waals surface area contributed by atoms with Gasteiger partial charge in [-0.25, -0.2) is 0 Å². The number of rotatable bonds is 7. The average Bonchev–Trinajstić information content (AvgIpc) is 2.49. The van der Waals surface area contributed by atoms with Gasteiger partial charge in [0.1, 0.15) is 0 Å². The van der Waals surface area contributed by atoms with Crippen molar-refractivity contribution < 1.29 is 4.74 Å². The Bertz CT molecular complexity index is 293. The Labute approximate surface area is 137 Å². The molecule has 0 amide bonds. The van der Waals surface area contributed by atoms with Gasteiger partial charge in [0.05, 0.1) is 12.7 Å². The summed E-state index contributed by atoms with van der Waals surface area (Å²) in [4.78, 5) is 7.87. The van der Waals surface area contributed by atoms with E-state index in [0.717, 1.165) is 25.1 Å². The van der Waals surface area contributed by atoms with Crippen LogP contribution in [-0.2, 0) is 4.74 Å². The molecular weight excluding hydrogens is 274 g/mol. The fourth-order valence-corrected chi connectivity index (χ4v) is 3.63. The van der Waals surface area contributed by atoms with Crippen molar-refractivity contribution in [3.8, 4) is 0 Å². The smallest absolute Gasteiger partial charge is 0.0596 e. The zero-order valence-corrected chi connectivity index (χ0v) is 15.3. The van der Waals surface area contributed by atoms with E-state index in [2.05, 4.69) is 42.4 Å². The van der Waals surface area contributed by atoms with Crippen LogP contribution >= 0.6 is 0 Å². The summed E-state index contributed by atoms with van der Waals surface area (Å²) >= 11 is 0. The van der Waals surface area contributed by atoms with Crippen LogP contribution in [0.15, 0.2) is 0 Å².